The number of ether oxygens (including phenoxy) is 4. The van der Waals surface area contributed by atoms with Crippen molar-refractivity contribution in [2.75, 3.05) is 28.4 Å². The second-order valence-electron chi connectivity index (χ2n) is 16.3. The van der Waals surface area contributed by atoms with Gasteiger partial charge in [-0.3, -0.25) is 9.59 Å². The van der Waals surface area contributed by atoms with Gasteiger partial charge in [-0.1, -0.05) is 60.7 Å². The summed E-state index contributed by atoms with van der Waals surface area (Å²) >= 11 is 0. The molecule has 4 aromatic carbocycles. The number of sulfonamides is 2. The molecule has 16 heteroatoms. The van der Waals surface area contributed by atoms with Crippen LogP contribution in [0.15, 0.2) is 122 Å². The van der Waals surface area contributed by atoms with E-state index in [9.17, 15) is 36.6 Å². The smallest absolute Gasteiger partial charge is 0.303 e. The van der Waals surface area contributed by atoms with E-state index in [2.05, 4.69) is 13.2 Å². The number of methoxy groups -OCH3 is 4. The molecule has 0 unspecified atom stereocenters. The van der Waals surface area contributed by atoms with E-state index in [4.69, 9.17) is 18.9 Å². The largest absolute Gasteiger partial charge is 0.497 e. The molecule has 4 rings (SSSR count). The van der Waals surface area contributed by atoms with Crippen LogP contribution in [0.3, 0.4) is 0 Å². The second kappa shape index (κ2) is 25.9. The number of carboxylic acids is 2. The molecule has 0 bridgehead atoms. The molecule has 2 N–H and O–H groups in total. The molecule has 2 atom stereocenters. The van der Waals surface area contributed by atoms with Gasteiger partial charge in [-0.2, -0.15) is 8.61 Å². The van der Waals surface area contributed by atoms with Gasteiger partial charge in [-0.25, -0.2) is 16.8 Å². The molecule has 66 heavy (non-hydrogen) atoms. The van der Waals surface area contributed by atoms with Gasteiger partial charge in [0.1, 0.15) is 23.0 Å². The fourth-order valence-electron chi connectivity index (χ4n) is 7.14. The van der Waals surface area contributed by atoms with Gasteiger partial charge in [0.15, 0.2) is 0 Å². The van der Waals surface area contributed by atoms with Gasteiger partial charge in [-0.05, 0) is 123 Å². The Labute approximate surface area is 391 Å². The molecule has 0 aliphatic rings. The lowest BCUT2D eigenvalue weighted by atomic mass is 9.98. The van der Waals surface area contributed by atoms with Crippen molar-refractivity contribution < 1.29 is 55.6 Å². The molecule has 0 fully saturated rings. The maximum atomic E-state index is 14.0. The summed E-state index contributed by atoms with van der Waals surface area (Å²) in [4.78, 5) is 22.5. The lowest BCUT2D eigenvalue weighted by Crippen LogP contribution is -2.46. The molecule has 0 radical (unpaired) electrons. The van der Waals surface area contributed by atoms with Crippen LogP contribution in [-0.4, -0.2) is 85.5 Å². The zero-order valence-corrected chi connectivity index (χ0v) is 40.6. The first-order valence-corrected chi connectivity index (χ1v) is 24.3. The molecule has 0 aliphatic heterocycles. The second-order valence-corrected chi connectivity index (χ2v) is 21.2. The van der Waals surface area contributed by atoms with Crippen molar-refractivity contribution in [1.82, 2.24) is 8.61 Å². The average Bonchev–Trinajstić information content (AvgIpc) is 3.31. The van der Waals surface area contributed by atoms with Gasteiger partial charge < -0.3 is 29.2 Å². The molecule has 4 aromatic rings. The Morgan fingerprint density at radius 3 is 0.894 bits per heavy atom. The van der Waals surface area contributed by atoms with Crippen LogP contribution in [-0.2, 0) is 55.8 Å². The van der Waals surface area contributed by atoms with E-state index in [1.165, 1.54) is 8.61 Å². The van der Waals surface area contributed by atoms with Crippen molar-refractivity contribution in [3.8, 4) is 23.0 Å². The number of allylic oxidation sites excluding steroid dienone is 2. The Bertz CT molecular complexity index is 2110. The van der Waals surface area contributed by atoms with Gasteiger partial charge in [-0.15, -0.1) is 13.2 Å². The third-order valence-electron chi connectivity index (χ3n) is 11.5. The van der Waals surface area contributed by atoms with Crippen LogP contribution in [0.4, 0.5) is 0 Å². The number of nitrogens with zero attached hydrogens (tertiary/aromatic N) is 2. The predicted octanol–water partition coefficient (Wildman–Crippen LogP) is 9.25. The van der Waals surface area contributed by atoms with Crippen LogP contribution >= 0.6 is 0 Å². The number of hydrogen-bond acceptors (Lipinski definition) is 10. The van der Waals surface area contributed by atoms with E-state index < -0.39 is 41.5 Å². The summed E-state index contributed by atoms with van der Waals surface area (Å²) < 4.78 is 77.1. The summed E-state index contributed by atoms with van der Waals surface area (Å²) in [5.74, 6) is 0.682. The van der Waals surface area contributed by atoms with Gasteiger partial charge in [0.2, 0.25) is 20.0 Å². The summed E-state index contributed by atoms with van der Waals surface area (Å²) in [5.41, 5.74) is 3.21. The van der Waals surface area contributed by atoms with E-state index in [1.54, 1.807) is 103 Å². The SMILES string of the molecule is C=CCC[C@@](C)(CCC(=O)O)S(=O)(=O)N(Cc1ccc(OC)cc1)Cc1ccc(OC)cc1.C=CCC[C@](C)(CCC(=O)O)S(=O)(=O)N(Cc1ccc(OC)cc1)Cc1ccc(OC)cc1. The Kier molecular flexibility index (Phi) is 21.4. The van der Waals surface area contributed by atoms with Gasteiger partial charge >= 0.3 is 11.9 Å². The number of carboxylic acid groups (broad SMARTS) is 2. The molecule has 360 valence electrons. The summed E-state index contributed by atoms with van der Waals surface area (Å²) in [6.45, 7) is 11.3. The monoisotopic (exact) mass is 950 g/mol. The standard InChI is InChI=1S/2C25H33NO6S/c2*1-5-6-16-25(2,17-15-24(27)28)33(29,30)26(18-20-7-11-22(31-3)12-8-20)19-21-9-13-23(32-4)14-10-21/h2*5,7-14H,1,6,15-19H2,2-4H3,(H,27,28)/t2*25-/m10/s1. The highest BCUT2D eigenvalue weighted by atomic mass is 32.2. The molecule has 0 saturated carbocycles. The molecule has 0 spiro atoms. The summed E-state index contributed by atoms with van der Waals surface area (Å²) in [6, 6.07) is 28.9. The molecule has 0 aromatic heterocycles. The van der Waals surface area contributed by atoms with Crippen LogP contribution in [0.5, 0.6) is 23.0 Å². The number of benzene rings is 4. The number of hydrogen-bond donors (Lipinski definition) is 2. The highest BCUT2D eigenvalue weighted by Crippen LogP contribution is 2.36. The summed E-state index contributed by atoms with van der Waals surface area (Å²) in [6.07, 6.45) is 4.39. The van der Waals surface area contributed by atoms with E-state index in [1.807, 2.05) is 48.5 Å². The fourth-order valence-corrected chi connectivity index (χ4v) is 11.1. The Morgan fingerprint density at radius 1 is 0.485 bits per heavy atom. The molecule has 0 aliphatic carbocycles. The van der Waals surface area contributed by atoms with Crippen molar-refractivity contribution in [2.24, 2.45) is 0 Å². The van der Waals surface area contributed by atoms with Gasteiger partial charge in [0.05, 0.1) is 37.9 Å². The summed E-state index contributed by atoms with van der Waals surface area (Å²) in [5, 5.41) is 18.4. The third-order valence-corrected chi connectivity index (χ3v) is 16.7. The van der Waals surface area contributed by atoms with Crippen LogP contribution < -0.4 is 18.9 Å². The highest BCUT2D eigenvalue weighted by Gasteiger charge is 2.44. The van der Waals surface area contributed by atoms with E-state index in [0.29, 0.717) is 35.8 Å². The minimum Gasteiger partial charge on any atom is -0.497 e. The Hall–Kier alpha value is -5.68. The lowest BCUT2D eigenvalue weighted by Gasteiger charge is -2.35. The minimum absolute atomic E-state index is 0.0141. The Morgan fingerprint density at radius 2 is 0.712 bits per heavy atom. The van der Waals surface area contributed by atoms with Crippen LogP contribution in [0.2, 0.25) is 0 Å². The van der Waals surface area contributed by atoms with Crippen molar-refractivity contribution >= 4 is 32.0 Å². The third kappa shape index (κ3) is 15.7. The average molecular weight is 951 g/mol. The van der Waals surface area contributed by atoms with Crippen molar-refractivity contribution in [3.05, 3.63) is 145 Å². The predicted molar refractivity (Wildman–Crippen MR) is 258 cm³/mol. The van der Waals surface area contributed by atoms with Gasteiger partial charge in [0, 0.05) is 39.0 Å². The van der Waals surface area contributed by atoms with Crippen molar-refractivity contribution in [3.63, 3.8) is 0 Å². The van der Waals surface area contributed by atoms with E-state index in [0.717, 1.165) is 22.3 Å². The molecule has 14 nitrogen and oxygen atoms in total. The minimum atomic E-state index is -3.90. The molecular formula is C50H66N2O12S2. The zero-order valence-electron chi connectivity index (χ0n) is 39.0. The van der Waals surface area contributed by atoms with Crippen LogP contribution in [0.1, 0.15) is 87.5 Å². The first-order valence-electron chi connectivity index (χ1n) is 21.5. The van der Waals surface area contributed by atoms with Gasteiger partial charge in [0.25, 0.3) is 0 Å². The van der Waals surface area contributed by atoms with Crippen LogP contribution in [0.25, 0.3) is 0 Å². The lowest BCUT2D eigenvalue weighted by molar-refractivity contribution is -0.138. The number of carbonyl (C=O) groups is 2. The normalized spacial score (nSPS) is 13.3. The van der Waals surface area contributed by atoms with Crippen molar-refractivity contribution in [2.45, 2.75) is 101 Å². The molecule has 0 amide bonds. The van der Waals surface area contributed by atoms with E-state index in [-0.39, 0.29) is 64.7 Å². The fraction of sp³-hybridized carbons (Fsp3) is 0.400. The first-order chi connectivity index (χ1) is 31.3. The quantitative estimate of drug-likeness (QED) is 0.0515. The Balaban J connectivity index is 0.000000350. The molecule has 0 saturated heterocycles. The van der Waals surface area contributed by atoms with Crippen LogP contribution in [0, 0.1) is 0 Å². The van der Waals surface area contributed by atoms with Crippen molar-refractivity contribution in [1.29, 1.82) is 0 Å². The first kappa shape index (κ1) is 54.7. The maximum Gasteiger partial charge on any atom is 0.303 e. The number of rotatable bonds is 28. The molecule has 0 heterocycles. The number of aliphatic carboxylic acids is 2. The topological polar surface area (TPSA) is 186 Å². The highest BCUT2D eigenvalue weighted by molar-refractivity contribution is 7.90. The molecular weight excluding hydrogens is 885 g/mol. The summed E-state index contributed by atoms with van der Waals surface area (Å²) in [7, 11) is -1.51. The van der Waals surface area contributed by atoms with E-state index >= 15 is 0 Å². The zero-order chi connectivity index (χ0) is 49.0. The maximum absolute atomic E-state index is 14.0.